The van der Waals surface area contributed by atoms with Crippen LogP contribution in [0.15, 0.2) is 29.2 Å². The number of carbonyl (C=O) groups is 1. The molecule has 0 unspecified atom stereocenters. The number of unbranched alkanes of at least 4 members (excludes halogenated alkanes) is 2. The predicted octanol–water partition coefficient (Wildman–Crippen LogP) is 2.14. The predicted molar refractivity (Wildman–Crippen MR) is 129 cm³/mol. The molecule has 190 valence electrons. The Balaban J connectivity index is 1.64. The molecule has 0 aliphatic rings. The van der Waals surface area contributed by atoms with Crippen molar-refractivity contribution < 1.29 is 27.4 Å². The van der Waals surface area contributed by atoms with Crippen LogP contribution in [-0.4, -0.2) is 61.3 Å². The number of fused-ring (bicyclic) bond motifs is 1. The van der Waals surface area contributed by atoms with Crippen LogP contribution < -0.4 is 19.9 Å². The lowest BCUT2D eigenvalue weighted by Gasteiger charge is -2.10. The standard InChI is InChI=1S/C22H30N6O6S/c1-4-5-13-34-21-26-18(23)17-19(27-21)28(22(25-17)33-3)12-7-6-11-24-35(30,31)16-10-8-9-15(14-16)20(29)32-2/h8-10,14,24H,4-7,11-13H2,1-3H3,(H2,23,26,27). The number of esters is 1. The molecular weight excluding hydrogens is 476 g/mol. The minimum atomic E-state index is -3.78. The number of sulfonamides is 1. The first-order valence-electron chi connectivity index (χ1n) is 11.2. The second-order valence-electron chi connectivity index (χ2n) is 7.64. The smallest absolute Gasteiger partial charge is 0.337 e. The number of nitrogens with two attached hydrogens (primary N) is 1. The number of ether oxygens (including phenoxy) is 3. The number of hydrogen-bond donors (Lipinski definition) is 2. The van der Waals surface area contributed by atoms with Gasteiger partial charge in [0.25, 0.3) is 6.01 Å². The van der Waals surface area contributed by atoms with E-state index in [9.17, 15) is 13.2 Å². The van der Waals surface area contributed by atoms with Crippen LogP contribution in [0.25, 0.3) is 11.2 Å². The highest BCUT2D eigenvalue weighted by Gasteiger charge is 2.19. The van der Waals surface area contributed by atoms with Gasteiger partial charge in [-0.15, -0.1) is 0 Å². The summed E-state index contributed by atoms with van der Waals surface area (Å²) in [4.78, 5) is 24.6. The quantitative estimate of drug-likeness (QED) is 0.259. The average molecular weight is 507 g/mol. The van der Waals surface area contributed by atoms with Crippen molar-refractivity contribution in [2.45, 2.75) is 44.0 Å². The normalized spacial score (nSPS) is 11.5. The van der Waals surface area contributed by atoms with Gasteiger partial charge in [-0.05, 0) is 37.5 Å². The number of imidazole rings is 1. The van der Waals surface area contributed by atoms with Crippen LogP contribution in [0.4, 0.5) is 5.82 Å². The number of methoxy groups -OCH3 is 2. The van der Waals surface area contributed by atoms with Crippen molar-refractivity contribution in [1.82, 2.24) is 24.2 Å². The molecule has 12 nitrogen and oxygen atoms in total. The summed E-state index contributed by atoms with van der Waals surface area (Å²) in [5, 5.41) is 0. The molecular formula is C22H30N6O6S. The molecule has 13 heteroatoms. The van der Waals surface area contributed by atoms with E-state index in [-0.39, 0.29) is 28.8 Å². The van der Waals surface area contributed by atoms with Gasteiger partial charge >= 0.3 is 12.0 Å². The van der Waals surface area contributed by atoms with E-state index in [1.54, 1.807) is 4.57 Å². The maximum Gasteiger partial charge on any atom is 0.337 e. The summed E-state index contributed by atoms with van der Waals surface area (Å²) in [7, 11) is -1.05. The topological polar surface area (TPSA) is 161 Å². The zero-order valence-corrected chi connectivity index (χ0v) is 20.8. The summed E-state index contributed by atoms with van der Waals surface area (Å²) < 4.78 is 45.1. The van der Waals surface area contributed by atoms with Crippen LogP contribution in [0, 0.1) is 0 Å². The molecule has 0 saturated heterocycles. The van der Waals surface area contributed by atoms with Gasteiger partial charge in [0.1, 0.15) is 0 Å². The molecule has 0 aliphatic heterocycles. The Hall–Kier alpha value is -3.45. The molecule has 0 aliphatic carbocycles. The molecule has 0 radical (unpaired) electrons. The van der Waals surface area contributed by atoms with Crippen LogP contribution in [0.1, 0.15) is 43.0 Å². The molecule has 3 N–H and O–H groups in total. The third kappa shape index (κ3) is 6.36. The third-order valence-electron chi connectivity index (χ3n) is 5.14. The minimum Gasteiger partial charge on any atom is -0.468 e. The Kier molecular flexibility index (Phi) is 8.82. The van der Waals surface area contributed by atoms with Gasteiger partial charge in [-0.1, -0.05) is 19.4 Å². The monoisotopic (exact) mass is 506 g/mol. The van der Waals surface area contributed by atoms with Gasteiger partial charge in [-0.2, -0.15) is 15.0 Å². The number of rotatable bonds is 13. The fourth-order valence-corrected chi connectivity index (χ4v) is 4.42. The van der Waals surface area contributed by atoms with E-state index in [2.05, 4.69) is 31.3 Å². The molecule has 0 spiro atoms. The van der Waals surface area contributed by atoms with E-state index in [0.717, 1.165) is 12.8 Å². The SMILES string of the molecule is CCCCOc1nc(N)c2nc(OC)n(CCCCNS(=O)(=O)c3cccc(C(=O)OC)c3)c2n1. The van der Waals surface area contributed by atoms with Crippen molar-refractivity contribution in [2.75, 3.05) is 33.1 Å². The number of nitrogens with zero attached hydrogens (tertiary/aromatic N) is 4. The number of hydrogen-bond acceptors (Lipinski definition) is 10. The van der Waals surface area contributed by atoms with Gasteiger partial charge in [-0.25, -0.2) is 17.9 Å². The highest BCUT2D eigenvalue weighted by Crippen LogP contribution is 2.26. The van der Waals surface area contributed by atoms with Crippen LogP contribution in [0.5, 0.6) is 12.0 Å². The highest BCUT2D eigenvalue weighted by molar-refractivity contribution is 7.89. The zero-order valence-electron chi connectivity index (χ0n) is 20.0. The fraction of sp³-hybridized carbons (Fsp3) is 0.455. The van der Waals surface area contributed by atoms with Crippen molar-refractivity contribution in [1.29, 1.82) is 0 Å². The first-order chi connectivity index (χ1) is 16.8. The van der Waals surface area contributed by atoms with E-state index in [1.165, 1.54) is 38.5 Å². The van der Waals surface area contributed by atoms with Gasteiger partial charge in [-0.3, -0.25) is 4.57 Å². The van der Waals surface area contributed by atoms with Gasteiger partial charge in [0.2, 0.25) is 10.0 Å². The second-order valence-corrected chi connectivity index (χ2v) is 9.41. The molecule has 2 aromatic heterocycles. The van der Waals surface area contributed by atoms with Gasteiger partial charge in [0.15, 0.2) is 17.0 Å². The minimum absolute atomic E-state index is 0.00884. The number of aryl methyl sites for hydroxylation is 1. The Morgan fingerprint density at radius 2 is 1.94 bits per heavy atom. The molecule has 0 bridgehead atoms. The first kappa shape index (κ1) is 26.2. The number of benzene rings is 1. The molecule has 35 heavy (non-hydrogen) atoms. The first-order valence-corrected chi connectivity index (χ1v) is 12.7. The highest BCUT2D eigenvalue weighted by atomic mass is 32.2. The molecule has 3 rings (SSSR count). The number of nitrogen functional groups attached to an aromatic ring is 1. The van der Waals surface area contributed by atoms with Crippen molar-refractivity contribution in [2.24, 2.45) is 0 Å². The lowest BCUT2D eigenvalue weighted by atomic mass is 10.2. The molecule has 3 aromatic rings. The number of aromatic nitrogens is 4. The lowest BCUT2D eigenvalue weighted by Crippen LogP contribution is -2.25. The van der Waals surface area contributed by atoms with Crippen LogP contribution >= 0.6 is 0 Å². The van der Waals surface area contributed by atoms with Crippen LogP contribution in [0.2, 0.25) is 0 Å². The number of nitrogens with one attached hydrogen (secondary N) is 1. The fourth-order valence-electron chi connectivity index (χ4n) is 3.30. The van der Waals surface area contributed by atoms with E-state index >= 15 is 0 Å². The summed E-state index contributed by atoms with van der Waals surface area (Å²) >= 11 is 0. The van der Waals surface area contributed by atoms with Crippen molar-refractivity contribution in [3.8, 4) is 12.0 Å². The summed E-state index contributed by atoms with van der Waals surface area (Å²) in [6, 6.07) is 6.18. The lowest BCUT2D eigenvalue weighted by molar-refractivity contribution is 0.0600. The van der Waals surface area contributed by atoms with Crippen molar-refractivity contribution >= 4 is 33.0 Å². The van der Waals surface area contributed by atoms with Gasteiger partial charge in [0, 0.05) is 13.1 Å². The maximum absolute atomic E-state index is 12.6. The maximum atomic E-state index is 12.6. The van der Waals surface area contributed by atoms with E-state index < -0.39 is 16.0 Å². The largest absolute Gasteiger partial charge is 0.468 e. The Bertz CT molecular complexity index is 1280. The summed E-state index contributed by atoms with van der Waals surface area (Å²) in [5.41, 5.74) is 7.11. The Morgan fingerprint density at radius 3 is 2.66 bits per heavy atom. The molecule has 1 aromatic carbocycles. The van der Waals surface area contributed by atoms with E-state index in [1.807, 2.05) is 0 Å². The molecule has 0 amide bonds. The Labute approximate surface area is 203 Å². The molecule has 0 fully saturated rings. The third-order valence-corrected chi connectivity index (χ3v) is 6.60. The average Bonchev–Trinajstić information content (AvgIpc) is 3.21. The molecule has 0 atom stereocenters. The van der Waals surface area contributed by atoms with Gasteiger partial charge < -0.3 is 19.9 Å². The van der Waals surface area contributed by atoms with Crippen molar-refractivity contribution in [3.63, 3.8) is 0 Å². The summed E-state index contributed by atoms with van der Waals surface area (Å²) in [6.45, 7) is 3.20. The van der Waals surface area contributed by atoms with Crippen molar-refractivity contribution in [3.05, 3.63) is 29.8 Å². The van der Waals surface area contributed by atoms with E-state index in [0.29, 0.717) is 43.2 Å². The summed E-state index contributed by atoms with van der Waals surface area (Å²) in [5.74, 6) is -0.410. The van der Waals surface area contributed by atoms with E-state index in [4.69, 9.17) is 15.2 Å². The number of carbonyl (C=O) groups excluding carboxylic acids is 1. The molecule has 0 saturated carbocycles. The second kappa shape index (κ2) is 11.8. The number of anilines is 1. The zero-order chi connectivity index (χ0) is 25.4. The van der Waals surface area contributed by atoms with Crippen LogP contribution in [0.3, 0.4) is 0 Å². The summed E-state index contributed by atoms with van der Waals surface area (Å²) in [6.07, 6.45) is 2.97. The van der Waals surface area contributed by atoms with Gasteiger partial charge in [0.05, 0.1) is 31.3 Å². The Morgan fingerprint density at radius 1 is 1.14 bits per heavy atom. The van der Waals surface area contributed by atoms with Crippen LogP contribution in [-0.2, 0) is 21.3 Å². The molecule has 2 heterocycles.